The number of anilines is 1. The highest BCUT2D eigenvalue weighted by Crippen LogP contribution is 2.19. The first-order valence-corrected chi connectivity index (χ1v) is 6.98. The van der Waals surface area contributed by atoms with Gasteiger partial charge in [-0.3, -0.25) is 0 Å². The Morgan fingerprint density at radius 3 is 2.65 bits per heavy atom. The molecule has 2 aromatic carbocycles. The van der Waals surface area contributed by atoms with Crippen LogP contribution in [0.2, 0.25) is 5.02 Å². The van der Waals surface area contributed by atoms with Gasteiger partial charge >= 0.3 is 0 Å². The second-order valence-corrected chi connectivity index (χ2v) is 5.37. The maximum absolute atomic E-state index is 5.90. The van der Waals surface area contributed by atoms with Crippen molar-refractivity contribution in [3.8, 4) is 0 Å². The average molecular weight is 286 g/mol. The minimum absolute atomic E-state index is 0.750. The zero-order chi connectivity index (χ0) is 14.1. The molecule has 102 valence electrons. The van der Waals surface area contributed by atoms with Crippen LogP contribution in [0.4, 0.5) is 5.69 Å². The number of aryl methyl sites for hydroxylation is 3. The molecule has 0 radical (unpaired) electrons. The summed E-state index contributed by atoms with van der Waals surface area (Å²) in [6.45, 7) is 2.92. The van der Waals surface area contributed by atoms with E-state index in [1.54, 1.807) is 0 Å². The molecule has 3 nitrogen and oxygen atoms in total. The number of fused-ring (bicyclic) bond motifs is 1. The maximum Gasteiger partial charge on any atom is 0.106 e. The molecule has 1 aromatic heterocycles. The molecule has 0 spiro atoms. The van der Waals surface area contributed by atoms with Crippen LogP contribution in [0.15, 0.2) is 42.5 Å². The van der Waals surface area contributed by atoms with Gasteiger partial charge in [-0.1, -0.05) is 23.7 Å². The highest BCUT2D eigenvalue weighted by atomic mass is 35.5. The Morgan fingerprint density at radius 2 is 1.90 bits per heavy atom. The standard InChI is InChI=1S/C16H16ClN3/c1-11-19-15-10-14(18)6-7-16(15)20(11)9-8-12-2-4-13(17)5-3-12/h2-7,10H,8-9,18H2,1H3. The summed E-state index contributed by atoms with van der Waals surface area (Å²) in [5, 5.41) is 0.772. The van der Waals surface area contributed by atoms with Crippen molar-refractivity contribution in [2.45, 2.75) is 19.9 Å². The predicted molar refractivity (Wildman–Crippen MR) is 84.0 cm³/mol. The molecule has 4 heteroatoms. The molecule has 0 aliphatic rings. The first-order chi connectivity index (χ1) is 9.63. The number of nitrogen functional groups attached to an aromatic ring is 1. The zero-order valence-corrected chi connectivity index (χ0v) is 12.1. The van der Waals surface area contributed by atoms with Crippen molar-refractivity contribution in [3.05, 3.63) is 58.9 Å². The molecule has 1 heterocycles. The molecule has 3 rings (SSSR count). The summed E-state index contributed by atoms with van der Waals surface area (Å²) < 4.78 is 2.23. The summed E-state index contributed by atoms with van der Waals surface area (Å²) in [6.07, 6.45) is 0.952. The van der Waals surface area contributed by atoms with Crippen molar-refractivity contribution < 1.29 is 0 Å². The van der Waals surface area contributed by atoms with Gasteiger partial charge in [-0.05, 0) is 49.2 Å². The van der Waals surface area contributed by atoms with E-state index in [2.05, 4.69) is 21.7 Å². The largest absolute Gasteiger partial charge is 0.399 e. The highest BCUT2D eigenvalue weighted by molar-refractivity contribution is 6.30. The fourth-order valence-corrected chi connectivity index (χ4v) is 2.57. The summed E-state index contributed by atoms with van der Waals surface area (Å²) in [7, 11) is 0. The van der Waals surface area contributed by atoms with Gasteiger partial charge in [0.25, 0.3) is 0 Å². The summed E-state index contributed by atoms with van der Waals surface area (Å²) in [4.78, 5) is 4.56. The molecular formula is C16H16ClN3. The number of benzene rings is 2. The Morgan fingerprint density at radius 1 is 1.15 bits per heavy atom. The van der Waals surface area contributed by atoms with Crippen LogP contribution < -0.4 is 5.73 Å². The number of nitrogens with zero attached hydrogens (tertiary/aromatic N) is 2. The summed E-state index contributed by atoms with van der Waals surface area (Å²) >= 11 is 5.90. The van der Waals surface area contributed by atoms with Gasteiger partial charge in [0, 0.05) is 17.3 Å². The molecule has 3 aromatic rings. The van der Waals surface area contributed by atoms with Crippen LogP contribution in [-0.2, 0) is 13.0 Å². The van der Waals surface area contributed by atoms with Gasteiger partial charge in [-0.2, -0.15) is 0 Å². The smallest absolute Gasteiger partial charge is 0.106 e. The van der Waals surface area contributed by atoms with Gasteiger partial charge in [0.1, 0.15) is 5.82 Å². The van der Waals surface area contributed by atoms with E-state index in [4.69, 9.17) is 17.3 Å². The molecule has 0 unspecified atom stereocenters. The Kier molecular flexibility index (Phi) is 3.36. The van der Waals surface area contributed by atoms with Gasteiger partial charge in [-0.25, -0.2) is 4.98 Å². The first kappa shape index (κ1) is 13.0. The quantitative estimate of drug-likeness (QED) is 0.744. The summed E-state index contributed by atoms with van der Waals surface area (Å²) in [5.74, 6) is 1.01. The fourth-order valence-electron chi connectivity index (χ4n) is 2.44. The number of imidazole rings is 1. The fraction of sp³-hybridized carbons (Fsp3) is 0.188. The third-order valence-corrected chi connectivity index (χ3v) is 3.75. The van der Waals surface area contributed by atoms with Crippen LogP contribution >= 0.6 is 11.6 Å². The monoisotopic (exact) mass is 285 g/mol. The molecule has 0 saturated heterocycles. The minimum Gasteiger partial charge on any atom is -0.399 e. The number of rotatable bonds is 3. The van der Waals surface area contributed by atoms with Crippen LogP contribution in [-0.4, -0.2) is 9.55 Å². The Bertz CT molecular complexity index is 744. The van der Waals surface area contributed by atoms with Gasteiger partial charge in [0.15, 0.2) is 0 Å². The SMILES string of the molecule is Cc1nc2cc(N)ccc2n1CCc1ccc(Cl)cc1. The van der Waals surface area contributed by atoms with E-state index in [1.807, 2.05) is 37.3 Å². The van der Waals surface area contributed by atoms with E-state index in [0.29, 0.717) is 0 Å². The van der Waals surface area contributed by atoms with E-state index >= 15 is 0 Å². The average Bonchev–Trinajstić information content (AvgIpc) is 2.73. The van der Waals surface area contributed by atoms with Crippen molar-refractivity contribution in [1.29, 1.82) is 0 Å². The molecule has 20 heavy (non-hydrogen) atoms. The third-order valence-electron chi connectivity index (χ3n) is 3.50. The van der Waals surface area contributed by atoms with Crippen molar-refractivity contribution in [3.63, 3.8) is 0 Å². The van der Waals surface area contributed by atoms with Crippen molar-refractivity contribution in [2.75, 3.05) is 5.73 Å². The number of aromatic nitrogens is 2. The molecule has 0 bridgehead atoms. The van der Waals surface area contributed by atoms with E-state index in [9.17, 15) is 0 Å². The molecule has 0 amide bonds. The Hall–Kier alpha value is -2.00. The highest BCUT2D eigenvalue weighted by Gasteiger charge is 2.07. The molecule has 0 fully saturated rings. The predicted octanol–water partition coefficient (Wildman–Crippen LogP) is 3.82. The third kappa shape index (κ3) is 2.49. The van der Waals surface area contributed by atoms with Gasteiger partial charge in [0.05, 0.1) is 11.0 Å². The number of nitrogens with two attached hydrogens (primary N) is 1. The lowest BCUT2D eigenvalue weighted by molar-refractivity contribution is 0.692. The normalized spacial score (nSPS) is 11.1. The molecule has 0 atom stereocenters. The van der Waals surface area contributed by atoms with Crippen LogP contribution in [0.5, 0.6) is 0 Å². The lowest BCUT2D eigenvalue weighted by Gasteiger charge is -2.07. The van der Waals surface area contributed by atoms with Crippen molar-refractivity contribution in [1.82, 2.24) is 9.55 Å². The lowest BCUT2D eigenvalue weighted by atomic mass is 10.1. The molecule has 0 aliphatic carbocycles. The van der Waals surface area contributed by atoms with Crippen LogP contribution in [0.1, 0.15) is 11.4 Å². The molecular weight excluding hydrogens is 270 g/mol. The lowest BCUT2D eigenvalue weighted by Crippen LogP contribution is -2.03. The number of halogens is 1. The van der Waals surface area contributed by atoms with Crippen molar-refractivity contribution in [2.24, 2.45) is 0 Å². The van der Waals surface area contributed by atoms with Crippen molar-refractivity contribution >= 4 is 28.3 Å². The molecule has 0 aliphatic heterocycles. The minimum atomic E-state index is 0.750. The zero-order valence-electron chi connectivity index (χ0n) is 11.3. The second kappa shape index (κ2) is 5.17. The van der Waals surface area contributed by atoms with E-state index in [-0.39, 0.29) is 0 Å². The maximum atomic E-state index is 5.90. The Balaban J connectivity index is 1.87. The van der Waals surface area contributed by atoms with E-state index in [0.717, 1.165) is 40.5 Å². The van der Waals surface area contributed by atoms with Crippen LogP contribution in [0.3, 0.4) is 0 Å². The van der Waals surface area contributed by atoms with E-state index < -0.39 is 0 Å². The first-order valence-electron chi connectivity index (χ1n) is 6.60. The summed E-state index contributed by atoms with van der Waals surface area (Å²) in [5.41, 5.74) is 9.91. The van der Waals surface area contributed by atoms with Gasteiger partial charge in [-0.15, -0.1) is 0 Å². The Labute approximate surface area is 123 Å². The van der Waals surface area contributed by atoms with Crippen LogP contribution in [0, 0.1) is 6.92 Å². The van der Waals surface area contributed by atoms with Gasteiger partial charge < -0.3 is 10.3 Å². The topological polar surface area (TPSA) is 43.8 Å². The second-order valence-electron chi connectivity index (χ2n) is 4.94. The van der Waals surface area contributed by atoms with E-state index in [1.165, 1.54) is 5.56 Å². The van der Waals surface area contributed by atoms with Gasteiger partial charge in [0.2, 0.25) is 0 Å². The number of hydrogen-bond acceptors (Lipinski definition) is 2. The number of hydrogen-bond donors (Lipinski definition) is 1. The molecule has 0 saturated carbocycles. The van der Waals surface area contributed by atoms with Crippen LogP contribution in [0.25, 0.3) is 11.0 Å². The summed E-state index contributed by atoms with van der Waals surface area (Å²) in [6, 6.07) is 13.9. The molecule has 2 N–H and O–H groups in total.